The third kappa shape index (κ3) is 3.93. The molecule has 1 aliphatic rings. The minimum atomic E-state index is -0.417. The molecule has 1 fully saturated rings. The molecule has 0 aromatic carbocycles. The minimum Gasteiger partial charge on any atom is -0.380 e. The predicted molar refractivity (Wildman–Crippen MR) is 63.2 cm³/mol. The monoisotopic (exact) mass is 258 g/mol. The lowest BCUT2D eigenvalue weighted by Crippen LogP contribution is -2.20. The van der Waals surface area contributed by atoms with E-state index in [1.54, 1.807) is 0 Å². The lowest BCUT2D eigenvalue weighted by Gasteiger charge is -2.37. The van der Waals surface area contributed by atoms with Gasteiger partial charge in [0, 0.05) is 11.5 Å². The van der Waals surface area contributed by atoms with E-state index in [1.165, 1.54) is 17.3 Å². The summed E-state index contributed by atoms with van der Waals surface area (Å²) in [6.45, 7) is 5.67. The van der Waals surface area contributed by atoms with E-state index in [2.05, 4.69) is 15.0 Å². The molecule has 0 N–H and O–H groups in total. The highest BCUT2D eigenvalue weighted by Gasteiger charge is 2.19. The maximum atomic E-state index is 5.28. The molecule has 0 aromatic rings. The van der Waals surface area contributed by atoms with Crippen molar-refractivity contribution in [1.82, 2.24) is 0 Å². The highest BCUT2D eigenvalue weighted by molar-refractivity contribution is 8.93. The molecule has 1 saturated heterocycles. The first kappa shape index (κ1) is 12.0. The van der Waals surface area contributed by atoms with Gasteiger partial charge in [0.1, 0.15) is 0 Å². The number of halogens is 1. The average molecular weight is 259 g/mol. The normalized spacial score (nSPS) is 24.8. The molecule has 0 amide bonds. The van der Waals surface area contributed by atoms with Gasteiger partial charge in [-0.05, 0) is 5.75 Å². The van der Waals surface area contributed by atoms with Gasteiger partial charge in [-0.25, -0.2) is 9.65 Å². The van der Waals surface area contributed by atoms with Crippen molar-refractivity contribution in [2.24, 2.45) is 0 Å². The van der Waals surface area contributed by atoms with Crippen molar-refractivity contribution < 1.29 is 4.74 Å². The zero-order valence-electron chi connectivity index (χ0n) is 6.62. The van der Waals surface area contributed by atoms with Crippen LogP contribution in [-0.4, -0.2) is 30.5 Å². The fourth-order valence-corrected chi connectivity index (χ4v) is 3.95. The molecule has 1 unspecified atom stereocenters. The number of hydrogen-bond donors (Lipinski definition) is 0. The van der Waals surface area contributed by atoms with E-state index in [0.29, 0.717) is 0 Å². The Labute approximate surface area is 83.0 Å². The Morgan fingerprint density at radius 1 is 1.45 bits per heavy atom. The number of rotatable bonds is 2. The fourth-order valence-electron chi connectivity index (χ4n) is 1.06. The second kappa shape index (κ2) is 5.58. The molecule has 4 heteroatoms. The van der Waals surface area contributed by atoms with Crippen LogP contribution >= 0.6 is 35.1 Å². The van der Waals surface area contributed by atoms with E-state index in [9.17, 15) is 0 Å². The molecular weight excluding hydrogens is 243 g/mol. The highest BCUT2D eigenvalue weighted by atomic mass is 79.9. The molecule has 1 heterocycles. The lowest BCUT2D eigenvalue weighted by molar-refractivity contribution is 0.160. The van der Waals surface area contributed by atoms with Crippen LogP contribution in [0.1, 0.15) is 0 Å². The summed E-state index contributed by atoms with van der Waals surface area (Å²) >= 11 is 0. The zero-order chi connectivity index (χ0) is 7.45. The van der Waals surface area contributed by atoms with Crippen molar-refractivity contribution in [2.45, 2.75) is 0 Å². The van der Waals surface area contributed by atoms with Crippen LogP contribution in [0.2, 0.25) is 0 Å². The van der Waals surface area contributed by atoms with Gasteiger partial charge < -0.3 is 4.74 Å². The first-order chi connectivity index (χ1) is 4.77. The third-order valence-corrected chi connectivity index (χ3v) is 6.57. The Morgan fingerprint density at radius 3 is 2.45 bits per heavy atom. The first-order valence-electron chi connectivity index (χ1n) is 3.50. The van der Waals surface area contributed by atoms with Crippen molar-refractivity contribution >= 4 is 35.1 Å². The Morgan fingerprint density at radius 2 is 2.00 bits per heavy atom. The number of ether oxygens (including phenoxy) is 1. The van der Waals surface area contributed by atoms with E-state index in [1.807, 2.05) is 6.08 Å². The predicted octanol–water partition coefficient (Wildman–Crippen LogP) is 2.38. The van der Waals surface area contributed by atoms with Crippen LogP contribution in [-0.2, 0) is 4.74 Å². The quantitative estimate of drug-likeness (QED) is 0.546. The van der Waals surface area contributed by atoms with Crippen LogP contribution in [0.5, 0.6) is 0 Å². The SMILES string of the molecule is Br.C=CCS1(P)CCOCC1. The summed E-state index contributed by atoms with van der Waals surface area (Å²) in [5.74, 6) is 3.66. The molecule has 0 spiro atoms. The van der Waals surface area contributed by atoms with Gasteiger partial charge in [0.05, 0.1) is 13.2 Å². The smallest absolute Gasteiger partial charge is 0.0545 e. The third-order valence-electron chi connectivity index (χ3n) is 1.72. The number of hydrogen-bond acceptors (Lipinski definition) is 1. The molecule has 11 heavy (non-hydrogen) atoms. The maximum absolute atomic E-state index is 5.28. The largest absolute Gasteiger partial charge is 0.380 e. The maximum Gasteiger partial charge on any atom is 0.0545 e. The summed E-state index contributed by atoms with van der Waals surface area (Å²) in [6, 6.07) is 0. The van der Waals surface area contributed by atoms with Gasteiger partial charge >= 0.3 is 0 Å². The summed E-state index contributed by atoms with van der Waals surface area (Å²) in [5.41, 5.74) is 0. The molecule has 0 aromatic heterocycles. The van der Waals surface area contributed by atoms with Crippen LogP contribution in [0.25, 0.3) is 0 Å². The van der Waals surface area contributed by atoms with E-state index in [4.69, 9.17) is 4.74 Å². The fraction of sp³-hybridized carbons (Fsp3) is 0.714. The molecule has 1 rings (SSSR count). The standard InChI is InChI=1S/C7H15OPS.BrH/c1-2-5-10(9)6-3-8-4-7-10;/h2H,1,3-7,9H2;1H. The minimum absolute atomic E-state index is 0. The average Bonchev–Trinajstić information content (AvgIpc) is 1.89. The second-order valence-corrected chi connectivity index (χ2v) is 8.96. The van der Waals surface area contributed by atoms with Gasteiger partial charge in [-0.1, -0.05) is 14.5 Å². The molecule has 1 atom stereocenters. The Kier molecular flexibility index (Phi) is 6.07. The van der Waals surface area contributed by atoms with Gasteiger partial charge in [-0.3, -0.25) is 0 Å². The van der Waals surface area contributed by atoms with Crippen molar-refractivity contribution in [1.29, 1.82) is 0 Å². The molecule has 0 bridgehead atoms. The van der Waals surface area contributed by atoms with Crippen LogP contribution in [0, 0.1) is 0 Å². The summed E-state index contributed by atoms with van der Waals surface area (Å²) in [7, 11) is 2.60. The van der Waals surface area contributed by atoms with E-state index >= 15 is 0 Å². The van der Waals surface area contributed by atoms with Crippen LogP contribution in [0.3, 0.4) is 0 Å². The van der Waals surface area contributed by atoms with Crippen LogP contribution in [0.15, 0.2) is 12.7 Å². The van der Waals surface area contributed by atoms with Crippen LogP contribution in [0.4, 0.5) is 0 Å². The van der Waals surface area contributed by atoms with Gasteiger partial charge in [0.15, 0.2) is 0 Å². The summed E-state index contributed by atoms with van der Waals surface area (Å²) < 4.78 is 5.28. The van der Waals surface area contributed by atoms with E-state index in [-0.39, 0.29) is 17.0 Å². The molecule has 68 valence electrons. The first-order valence-corrected chi connectivity index (χ1v) is 7.11. The molecule has 1 nitrogen and oxygen atoms in total. The Balaban J connectivity index is 0.000001000. The highest BCUT2D eigenvalue weighted by Crippen LogP contribution is 2.56. The molecule has 1 aliphatic heterocycles. The van der Waals surface area contributed by atoms with E-state index in [0.717, 1.165) is 13.2 Å². The van der Waals surface area contributed by atoms with Gasteiger partial charge in [-0.2, -0.15) is 0 Å². The molecule has 0 saturated carbocycles. The molecular formula is C7H16BrOPS. The summed E-state index contributed by atoms with van der Waals surface area (Å²) in [4.78, 5) is 0. The Hall–Kier alpha value is 0.960. The lowest BCUT2D eigenvalue weighted by atomic mass is 10.7. The van der Waals surface area contributed by atoms with Gasteiger partial charge in [0.2, 0.25) is 0 Å². The van der Waals surface area contributed by atoms with Crippen molar-refractivity contribution in [3.63, 3.8) is 0 Å². The van der Waals surface area contributed by atoms with Crippen molar-refractivity contribution in [3.8, 4) is 0 Å². The van der Waals surface area contributed by atoms with Crippen LogP contribution < -0.4 is 0 Å². The van der Waals surface area contributed by atoms with Crippen molar-refractivity contribution in [2.75, 3.05) is 30.5 Å². The molecule has 0 radical (unpaired) electrons. The summed E-state index contributed by atoms with van der Waals surface area (Å²) in [5, 5.41) is 0. The topological polar surface area (TPSA) is 9.23 Å². The summed E-state index contributed by atoms with van der Waals surface area (Å²) in [6.07, 6.45) is 2.04. The van der Waals surface area contributed by atoms with Gasteiger partial charge in [0.25, 0.3) is 0 Å². The Bertz CT molecular complexity index is 126. The van der Waals surface area contributed by atoms with E-state index < -0.39 is 9.65 Å². The zero-order valence-corrected chi connectivity index (χ0v) is 10.3. The van der Waals surface area contributed by atoms with Gasteiger partial charge in [-0.15, -0.1) is 23.6 Å². The second-order valence-electron chi connectivity index (χ2n) is 2.59. The molecule has 0 aliphatic carbocycles. The van der Waals surface area contributed by atoms with Crippen molar-refractivity contribution in [3.05, 3.63) is 12.7 Å².